The van der Waals surface area contributed by atoms with Gasteiger partial charge in [0.25, 0.3) is 0 Å². The Morgan fingerprint density at radius 3 is 2.76 bits per heavy atom. The number of benzene rings is 2. The average Bonchev–Trinajstić information content (AvgIpc) is 2.60. The van der Waals surface area contributed by atoms with E-state index in [1.165, 1.54) is 19.2 Å². The summed E-state index contributed by atoms with van der Waals surface area (Å²) < 4.78 is 15.5. The molecule has 0 aliphatic rings. The van der Waals surface area contributed by atoms with Gasteiger partial charge in [-0.05, 0) is 30.7 Å². The van der Waals surface area contributed by atoms with Crippen molar-refractivity contribution < 1.29 is 23.8 Å². The highest BCUT2D eigenvalue weighted by atomic mass is 16.5. The molecule has 0 amide bonds. The Kier molecular flexibility index (Phi) is 4.43. The summed E-state index contributed by atoms with van der Waals surface area (Å²) in [6.45, 7) is 1.57. The summed E-state index contributed by atoms with van der Waals surface area (Å²) in [4.78, 5) is 23.9. The van der Waals surface area contributed by atoms with Gasteiger partial charge in [0, 0.05) is 23.1 Å². The molecule has 0 bridgehead atoms. The van der Waals surface area contributed by atoms with E-state index in [2.05, 4.69) is 0 Å². The van der Waals surface area contributed by atoms with Crippen LogP contribution in [0.15, 0.2) is 51.7 Å². The van der Waals surface area contributed by atoms with Gasteiger partial charge in [0.2, 0.25) is 0 Å². The number of phenolic OH excluding ortho intramolecular Hbond substituents is 1. The number of fused-ring (bicyclic) bond motifs is 1. The minimum atomic E-state index is -0.670. The lowest BCUT2D eigenvalue weighted by molar-refractivity contribution is 0.0470. The minimum absolute atomic E-state index is 0.0777. The predicted molar refractivity (Wildman–Crippen MR) is 91.0 cm³/mol. The molecule has 128 valence electrons. The van der Waals surface area contributed by atoms with E-state index < -0.39 is 11.6 Å². The Bertz CT molecular complexity index is 1000. The summed E-state index contributed by atoms with van der Waals surface area (Å²) in [6.07, 6.45) is 0. The summed E-state index contributed by atoms with van der Waals surface area (Å²) in [5.74, 6) is -0.236. The monoisotopic (exact) mass is 340 g/mol. The molecule has 0 saturated carbocycles. The van der Waals surface area contributed by atoms with Crippen LogP contribution in [0, 0.1) is 6.92 Å². The molecule has 0 aliphatic heterocycles. The Morgan fingerprint density at radius 2 is 2.00 bits per heavy atom. The largest absolute Gasteiger partial charge is 0.507 e. The van der Waals surface area contributed by atoms with Crippen LogP contribution in [0.3, 0.4) is 0 Å². The van der Waals surface area contributed by atoms with Crippen molar-refractivity contribution in [3.05, 3.63) is 69.6 Å². The molecule has 3 rings (SSSR count). The zero-order valence-corrected chi connectivity index (χ0v) is 13.7. The van der Waals surface area contributed by atoms with Crippen LogP contribution in [0.4, 0.5) is 0 Å². The van der Waals surface area contributed by atoms with Gasteiger partial charge >= 0.3 is 11.6 Å². The lowest BCUT2D eigenvalue weighted by Gasteiger charge is -2.09. The Hall–Kier alpha value is -3.28. The fraction of sp³-hybridized carbons (Fsp3) is 0.158. The fourth-order valence-corrected chi connectivity index (χ4v) is 2.50. The highest BCUT2D eigenvalue weighted by molar-refractivity contribution is 5.93. The standard InChI is InChI=1S/C19H16O6/c1-11-4-3-5-15(18(11)21)19(22)24-10-12-8-17(20)25-16-9-13(23-2)6-7-14(12)16/h3-9,21H,10H2,1-2H3. The maximum atomic E-state index is 12.2. The predicted octanol–water partition coefficient (Wildman–Crippen LogP) is 3.17. The van der Waals surface area contributed by atoms with E-state index >= 15 is 0 Å². The molecule has 3 aromatic rings. The van der Waals surface area contributed by atoms with Crippen molar-refractivity contribution in [2.24, 2.45) is 0 Å². The number of carbonyl (C=O) groups is 1. The SMILES string of the molecule is COc1ccc2c(COC(=O)c3cccc(C)c3O)cc(=O)oc2c1. The molecule has 0 atom stereocenters. The summed E-state index contributed by atoms with van der Waals surface area (Å²) in [5, 5.41) is 10.6. The maximum Gasteiger partial charge on any atom is 0.342 e. The van der Waals surface area contributed by atoms with Gasteiger partial charge in [-0.25, -0.2) is 9.59 Å². The third-order valence-electron chi connectivity index (χ3n) is 3.85. The minimum Gasteiger partial charge on any atom is -0.507 e. The smallest absolute Gasteiger partial charge is 0.342 e. The van der Waals surface area contributed by atoms with Crippen LogP contribution in [-0.2, 0) is 11.3 Å². The Balaban J connectivity index is 1.89. The van der Waals surface area contributed by atoms with Crippen molar-refractivity contribution in [2.75, 3.05) is 7.11 Å². The average molecular weight is 340 g/mol. The number of aromatic hydroxyl groups is 1. The Labute approximate surface area is 143 Å². The number of hydrogen-bond acceptors (Lipinski definition) is 6. The first-order chi connectivity index (χ1) is 12.0. The van der Waals surface area contributed by atoms with Crippen LogP contribution in [0.2, 0.25) is 0 Å². The van der Waals surface area contributed by atoms with Crippen molar-refractivity contribution >= 4 is 16.9 Å². The molecule has 0 spiro atoms. The van der Waals surface area contributed by atoms with E-state index in [-0.39, 0.29) is 17.9 Å². The van der Waals surface area contributed by atoms with E-state index in [1.54, 1.807) is 37.3 Å². The number of carbonyl (C=O) groups excluding carboxylic acids is 1. The second-order valence-corrected chi connectivity index (χ2v) is 5.50. The first kappa shape index (κ1) is 16.6. The molecular weight excluding hydrogens is 324 g/mol. The van der Waals surface area contributed by atoms with Crippen molar-refractivity contribution in [1.29, 1.82) is 0 Å². The fourth-order valence-electron chi connectivity index (χ4n) is 2.50. The van der Waals surface area contributed by atoms with Crippen LogP contribution in [0.5, 0.6) is 11.5 Å². The number of ether oxygens (including phenoxy) is 2. The Morgan fingerprint density at radius 1 is 1.20 bits per heavy atom. The second-order valence-electron chi connectivity index (χ2n) is 5.50. The summed E-state index contributed by atoms with van der Waals surface area (Å²) in [7, 11) is 1.51. The van der Waals surface area contributed by atoms with Crippen molar-refractivity contribution in [3.63, 3.8) is 0 Å². The van der Waals surface area contributed by atoms with E-state index in [0.29, 0.717) is 27.8 Å². The molecule has 1 heterocycles. The molecule has 1 N–H and O–H groups in total. The zero-order chi connectivity index (χ0) is 18.0. The second kappa shape index (κ2) is 6.68. The number of rotatable bonds is 4. The van der Waals surface area contributed by atoms with E-state index in [9.17, 15) is 14.7 Å². The van der Waals surface area contributed by atoms with Gasteiger partial charge < -0.3 is 19.0 Å². The molecule has 1 aromatic heterocycles. The normalized spacial score (nSPS) is 10.6. The molecule has 2 aromatic carbocycles. The number of para-hydroxylation sites is 1. The molecule has 25 heavy (non-hydrogen) atoms. The molecule has 0 aliphatic carbocycles. The van der Waals surface area contributed by atoms with Crippen LogP contribution >= 0.6 is 0 Å². The van der Waals surface area contributed by atoms with Crippen LogP contribution in [-0.4, -0.2) is 18.2 Å². The topological polar surface area (TPSA) is 86.0 Å². The lowest BCUT2D eigenvalue weighted by atomic mass is 10.1. The van der Waals surface area contributed by atoms with Gasteiger partial charge in [-0.2, -0.15) is 0 Å². The molecule has 0 unspecified atom stereocenters. The number of methoxy groups -OCH3 is 1. The van der Waals surface area contributed by atoms with Crippen molar-refractivity contribution in [2.45, 2.75) is 13.5 Å². The van der Waals surface area contributed by atoms with Crippen LogP contribution < -0.4 is 10.4 Å². The molecular formula is C19H16O6. The maximum absolute atomic E-state index is 12.2. The summed E-state index contributed by atoms with van der Waals surface area (Å²) in [6, 6.07) is 11.1. The van der Waals surface area contributed by atoms with Crippen LogP contribution in [0.25, 0.3) is 11.0 Å². The van der Waals surface area contributed by atoms with Crippen LogP contribution in [0.1, 0.15) is 21.5 Å². The van der Waals surface area contributed by atoms with E-state index in [1.807, 2.05) is 0 Å². The van der Waals surface area contributed by atoms with E-state index in [0.717, 1.165) is 0 Å². The number of aryl methyl sites for hydroxylation is 1. The number of esters is 1. The number of phenols is 1. The lowest BCUT2D eigenvalue weighted by Crippen LogP contribution is -2.08. The first-order valence-corrected chi connectivity index (χ1v) is 7.56. The third kappa shape index (κ3) is 3.33. The first-order valence-electron chi connectivity index (χ1n) is 7.56. The highest BCUT2D eigenvalue weighted by Crippen LogP contribution is 2.25. The summed E-state index contributed by atoms with van der Waals surface area (Å²) >= 11 is 0. The van der Waals surface area contributed by atoms with Gasteiger partial charge in [0.15, 0.2) is 0 Å². The zero-order valence-electron chi connectivity index (χ0n) is 13.7. The van der Waals surface area contributed by atoms with Crippen molar-refractivity contribution in [3.8, 4) is 11.5 Å². The quantitative estimate of drug-likeness (QED) is 0.580. The molecule has 6 nitrogen and oxygen atoms in total. The molecule has 6 heteroatoms. The van der Waals surface area contributed by atoms with Gasteiger partial charge in [0.1, 0.15) is 29.3 Å². The van der Waals surface area contributed by atoms with Crippen molar-refractivity contribution in [1.82, 2.24) is 0 Å². The van der Waals surface area contributed by atoms with Gasteiger partial charge in [-0.1, -0.05) is 12.1 Å². The molecule has 0 fully saturated rings. The van der Waals surface area contributed by atoms with Gasteiger partial charge in [-0.3, -0.25) is 0 Å². The third-order valence-corrected chi connectivity index (χ3v) is 3.85. The molecule has 0 saturated heterocycles. The number of hydrogen-bond donors (Lipinski definition) is 1. The van der Waals surface area contributed by atoms with E-state index in [4.69, 9.17) is 13.9 Å². The summed E-state index contributed by atoms with van der Waals surface area (Å²) in [5.41, 5.74) is 0.956. The van der Waals surface area contributed by atoms with Gasteiger partial charge in [0.05, 0.1) is 7.11 Å². The van der Waals surface area contributed by atoms with Gasteiger partial charge in [-0.15, -0.1) is 0 Å². The highest BCUT2D eigenvalue weighted by Gasteiger charge is 2.15. The molecule has 0 radical (unpaired) electrons.